The highest BCUT2D eigenvalue weighted by Crippen LogP contribution is 2.17. The second-order valence-corrected chi connectivity index (χ2v) is 4.54. The third-order valence-electron chi connectivity index (χ3n) is 3.11. The van der Waals surface area contributed by atoms with E-state index in [2.05, 4.69) is 4.98 Å². The number of carbonyl (C=O) groups is 1. The molecule has 2 heterocycles. The van der Waals surface area contributed by atoms with Gasteiger partial charge in [0, 0.05) is 25.5 Å². The van der Waals surface area contributed by atoms with Crippen LogP contribution in [0.4, 0.5) is 0 Å². The van der Waals surface area contributed by atoms with Crippen LogP contribution in [0.3, 0.4) is 0 Å². The van der Waals surface area contributed by atoms with Gasteiger partial charge in [0.25, 0.3) is 0 Å². The molecule has 0 aromatic carbocycles. The predicted molar refractivity (Wildman–Crippen MR) is 71.0 cm³/mol. The fourth-order valence-electron chi connectivity index (χ4n) is 2.15. The summed E-state index contributed by atoms with van der Waals surface area (Å²) >= 11 is 0. The van der Waals surface area contributed by atoms with E-state index in [0.717, 1.165) is 25.1 Å². The second-order valence-electron chi connectivity index (χ2n) is 4.54. The molecule has 5 heteroatoms. The highest BCUT2D eigenvalue weighted by atomic mass is 16.5. The maximum absolute atomic E-state index is 11.9. The van der Waals surface area contributed by atoms with E-state index in [9.17, 15) is 4.79 Å². The van der Waals surface area contributed by atoms with Gasteiger partial charge in [0.15, 0.2) is 0 Å². The summed E-state index contributed by atoms with van der Waals surface area (Å²) in [7, 11) is 0. The lowest BCUT2D eigenvalue weighted by molar-refractivity contribution is -0.138. The van der Waals surface area contributed by atoms with E-state index < -0.39 is 0 Å². The molecule has 0 spiro atoms. The first-order valence-corrected chi connectivity index (χ1v) is 6.71. The monoisotopic (exact) mass is 264 g/mol. The summed E-state index contributed by atoms with van der Waals surface area (Å²) in [6, 6.07) is 3.67. The number of ether oxygens (including phenoxy) is 2. The van der Waals surface area contributed by atoms with Gasteiger partial charge in [-0.25, -0.2) is 0 Å². The lowest BCUT2D eigenvalue weighted by Gasteiger charge is -2.32. The summed E-state index contributed by atoms with van der Waals surface area (Å²) in [5.41, 5.74) is 0. The predicted octanol–water partition coefficient (Wildman–Crippen LogP) is 1.49. The van der Waals surface area contributed by atoms with Crippen LogP contribution in [0.5, 0.6) is 5.75 Å². The molecule has 1 atom stereocenters. The Balaban J connectivity index is 1.85. The Morgan fingerprint density at radius 2 is 2.26 bits per heavy atom. The number of hydrogen-bond acceptors (Lipinski definition) is 4. The number of likely N-dealkylation sites (tertiary alicyclic amines) is 1. The minimum atomic E-state index is 0.0462. The first kappa shape index (κ1) is 13.8. The molecular formula is C14H20N2O3. The molecule has 0 saturated carbocycles. The molecule has 1 aliphatic rings. The van der Waals surface area contributed by atoms with Gasteiger partial charge < -0.3 is 14.4 Å². The Kier molecular flexibility index (Phi) is 5.15. The molecule has 104 valence electrons. The van der Waals surface area contributed by atoms with E-state index in [0.29, 0.717) is 13.2 Å². The van der Waals surface area contributed by atoms with Crippen molar-refractivity contribution < 1.29 is 14.3 Å². The Morgan fingerprint density at radius 1 is 1.47 bits per heavy atom. The number of aromatic nitrogens is 1. The van der Waals surface area contributed by atoms with Gasteiger partial charge in [0.05, 0.1) is 6.54 Å². The molecule has 0 radical (unpaired) electrons. The number of nitrogens with zero attached hydrogens (tertiary/aromatic N) is 2. The highest BCUT2D eigenvalue weighted by Gasteiger charge is 2.24. The Labute approximate surface area is 113 Å². The Morgan fingerprint density at radius 3 is 3.00 bits per heavy atom. The molecular weight excluding hydrogens is 244 g/mol. The van der Waals surface area contributed by atoms with Gasteiger partial charge >= 0.3 is 0 Å². The maximum atomic E-state index is 11.9. The van der Waals surface area contributed by atoms with Crippen molar-refractivity contribution >= 4 is 5.91 Å². The Bertz CT molecular complexity index is 397. The van der Waals surface area contributed by atoms with Gasteiger partial charge in [-0.3, -0.25) is 9.78 Å². The zero-order valence-electron chi connectivity index (χ0n) is 11.2. The van der Waals surface area contributed by atoms with Crippen LogP contribution in [0.2, 0.25) is 0 Å². The molecule has 5 nitrogen and oxygen atoms in total. The molecule has 0 aliphatic carbocycles. The molecule has 1 fully saturated rings. The van der Waals surface area contributed by atoms with Gasteiger partial charge in [-0.1, -0.05) is 0 Å². The average molecular weight is 264 g/mol. The lowest BCUT2D eigenvalue weighted by Crippen LogP contribution is -2.45. The van der Waals surface area contributed by atoms with E-state index in [-0.39, 0.29) is 18.6 Å². The van der Waals surface area contributed by atoms with Crippen molar-refractivity contribution in [2.45, 2.75) is 25.9 Å². The largest absolute Gasteiger partial charge is 0.488 e. The van der Waals surface area contributed by atoms with Crippen LogP contribution < -0.4 is 4.74 Å². The molecule has 1 aromatic rings. The van der Waals surface area contributed by atoms with Crippen molar-refractivity contribution in [3.8, 4) is 5.75 Å². The summed E-state index contributed by atoms with van der Waals surface area (Å²) in [4.78, 5) is 17.7. The van der Waals surface area contributed by atoms with Gasteiger partial charge in [-0.05, 0) is 31.9 Å². The van der Waals surface area contributed by atoms with E-state index in [1.807, 2.05) is 24.0 Å². The first-order valence-electron chi connectivity index (χ1n) is 6.71. The minimum Gasteiger partial charge on any atom is -0.488 e. The molecule has 2 rings (SSSR count). The summed E-state index contributed by atoms with van der Waals surface area (Å²) in [6.45, 7) is 4.05. The maximum Gasteiger partial charge on any atom is 0.248 e. The van der Waals surface area contributed by atoms with Crippen molar-refractivity contribution in [3.05, 3.63) is 24.5 Å². The molecule has 1 saturated heterocycles. The SMILES string of the molecule is CCOCC(=O)N1CCC[C@@H](Oc2ccncc2)C1. The van der Waals surface area contributed by atoms with E-state index in [1.165, 1.54) is 0 Å². The summed E-state index contributed by atoms with van der Waals surface area (Å²) in [5, 5.41) is 0. The molecule has 19 heavy (non-hydrogen) atoms. The number of piperidine rings is 1. The zero-order chi connectivity index (χ0) is 13.5. The van der Waals surface area contributed by atoms with Crippen LogP contribution in [0.1, 0.15) is 19.8 Å². The fourth-order valence-corrected chi connectivity index (χ4v) is 2.15. The van der Waals surface area contributed by atoms with Crippen molar-refractivity contribution in [1.29, 1.82) is 0 Å². The third-order valence-corrected chi connectivity index (χ3v) is 3.11. The quantitative estimate of drug-likeness (QED) is 0.808. The van der Waals surface area contributed by atoms with Crippen LogP contribution in [0.15, 0.2) is 24.5 Å². The van der Waals surface area contributed by atoms with Crippen LogP contribution in [-0.4, -0.2) is 48.2 Å². The zero-order valence-corrected chi connectivity index (χ0v) is 11.2. The molecule has 1 amide bonds. The summed E-state index contributed by atoms with van der Waals surface area (Å²) in [6.07, 6.45) is 5.41. The number of hydrogen-bond donors (Lipinski definition) is 0. The standard InChI is InChI=1S/C14H20N2O3/c1-2-18-11-14(17)16-9-3-4-13(10-16)19-12-5-7-15-8-6-12/h5-8,13H,2-4,9-11H2,1H3/t13-/m1/s1. The smallest absolute Gasteiger partial charge is 0.248 e. The Hall–Kier alpha value is -1.62. The van der Waals surface area contributed by atoms with E-state index in [4.69, 9.17) is 9.47 Å². The molecule has 1 aliphatic heterocycles. The number of pyridine rings is 1. The van der Waals surface area contributed by atoms with Gasteiger partial charge in [0.1, 0.15) is 18.5 Å². The fraction of sp³-hybridized carbons (Fsp3) is 0.571. The second kappa shape index (κ2) is 7.09. The van der Waals surface area contributed by atoms with E-state index in [1.54, 1.807) is 12.4 Å². The van der Waals surface area contributed by atoms with Crippen molar-refractivity contribution in [2.24, 2.45) is 0 Å². The molecule has 0 N–H and O–H groups in total. The number of rotatable bonds is 5. The summed E-state index contributed by atoms with van der Waals surface area (Å²) < 4.78 is 11.0. The van der Waals surface area contributed by atoms with Gasteiger partial charge in [-0.2, -0.15) is 0 Å². The minimum absolute atomic E-state index is 0.0462. The number of carbonyl (C=O) groups excluding carboxylic acids is 1. The van der Waals surface area contributed by atoms with Crippen LogP contribution in [0, 0.1) is 0 Å². The average Bonchev–Trinajstić information content (AvgIpc) is 2.46. The van der Waals surface area contributed by atoms with Crippen LogP contribution in [-0.2, 0) is 9.53 Å². The van der Waals surface area contributed by atoms with Gasteiger partial charge in [0.2, 0.25) is 5.91 Å². The molecule has 0 unspecified atom stereocenters. The van der Waals surface area contributed by atoms with Crippen molar-refractivity contribution in [2.75, 3.05) is 26.3 Å². The van der Waals surface area contributed by atoms with E-state index >= 15 is 0 Å². The first-order chi connectivity index (χ1) is 9.29. The van der Waals surface area contributed by atoms with Crippen molar-refractivity contribution in [1.82, 2.24) is 9.88 Å². The van der Waals surface area contributed by atoms with Crippen molar-refractivity contribution in [3.63, 3.8) is 0 Å². The third kappa shape index (κ3) is 4.21. The lowest BCUT2D eigenvalue weighted by atomic mass is 10.1. The molecule has 1 aromatic heterocycles. The molecule has 0 bridgehead atoms. The highest BCUT2D eigenvalue weighted by molar-refractivity contribution is 5.77. The topological polar surface area (TPSA) is 51.7 Å². The van der Waals surface area contributed by atoms with Crippen LogP contribution >= 0.6 is 0 Å². The number of amides is 1. The normalized spacial score (nSPS) is 19.2. The van der Waals surface area contributed by atoms with Crippen LogP contribution in [0.25, 0.3) is 0 Å². The van der Waals surface area contributed by atoms with Gasteiger partial charge in [-0.15, -0.1) is 0 Å². The summed E-state index contributed by atoms with van der Waals surface area (Å²) in [5.74, 6) is 0.851.